The predicted octanol–water partition coefficient (Wildman–Crippen LogP) is 3.88. The Morgan fingerprint density at radius 2 is 1.76 bits per heavy atom. The van der Waals surface area contributed by atoms with Crippen molar-refractivity contribution in [3.8, 4) is 11.5 Å². The molecule has 0 aliphatic carbocycles. The summed E-state index contributed by atoms with van der Waals surface area (Å²) in [5.74, 6) is 0.372. The number of amides is 2. The molecular weight excluding hydrogens is 420 g/mol. The van der Waals surface area contributed by atoms with Gasteiger partial charge in [-0.2, -0.15) is 0 Å². The monoisotopic (exact) mass is 444 g/mol. The van der Waals surface area contributed by atoms with Crippen molar-refractivity contribution >= 4 is 39.3 Å². The molecule has 2 amide bonds. The molecule has 4 aromatic rings. The van der Waals surface area contributed by atoms with Crippen LogP contribution in [0.1, 0.15) is 24.3 Å². The van der Waals surface area contributed by atoms with E-state index >= 15 is 0 Å². The van der Waals surface area contributed by atoms with Crippen LogP contribution in [0.25, 0.3) is 21.8 Å². The molecule has 3 N–H and O–H groups in total. The number of rotatable bonds is 5. The van der Waals surface area contributed by atoms with Crippen molar-refractivity contribution in [1.29, 1.82) is 0 Å². The normalized spacial score (nSPS) is 13.8. The summed E-state index contributed by atoms with van der Waals surface area (Å²) >= 11 is 0. The van der Waals surface area contributed by atoms with Crippen LogP contribution in [0.4, 0.5) is 5.69 Å². The third-order valence-corrected chi connectivity index (χ3v) is 5.67. The van der Waals surface area contributed by atoms with Crippen LogP contribution in [0.5, 0.6) is 11.5 Å². The fourth-order valence-electron chi connectivity index (χ4n) is 3.97. The molecule has 1 aliphatic rings. The molecule has 0 radical (unpaired) electrons. The molecule has 1 atom stereocenters. The molecule has 0 spiro atoms. The average molecular weight is 444 g/mol. The van der Waals surface area contributed by atoms with Crippen molar-refractivity contribution in [2.75, 3.05) is 18.5 Å². The Labute approximate surface area is 190 Å². The zero-order valence-corrected chi connectivity index (χ0v) is 18.3. The van der Waals surface area contributed by atoms with Crippen molar-refractivity contribution in [2.24, 2.45) is 5.92 Å². The van der Waals surface area contributed by atoms with Crippen LogP contribution in [-0.4, -0.2) is 41.0 Å². The van der Waals surface area contributed by atoms with Crippen molar-refractivity contribution in [3.05, 3.63) is 60.4 Å². The Morgan fingerprint density at radius 3 is 2.58 bits per heavy atom. The van der Waals surface area contributed by atoms with Gasteiger partial charge >= 0.3 is 0 Å². The Bertz CT molecular complexity index is 1360. The highest BCUT2D eigenvalue weighted by Crippen LogP contribution is 2.32. The minimum atomic E-state index is -0.744. The number of aromatic nitrogens is 2. The summed E-state index contributed by atoms with van der Waals surface area (Å²) < 4.78 is 11.1. The van der Waals surface area contributed by atoms with E-state index < -0.39 is 11.9 Å². The number of nitrogens with zero attached hydrogens (tertiary/aromatic N) is 1. The van der Waals surface area contributed by atoms with E-state index in [1.807, 2.05) is 38.1 Å². The molecule has 8 heteroatoms. The maximum Gasteiger partial charge on any atom is 0.270 e. The van der Waals surface area contributed by atoms with E-state index in [0.29, 0.717) is 30.4 Å². The molecule has 1 aliphatic heterocycles. The fourth-order valence-corrected chi connectivity index (χ4v) is 3.97. The average Bonchev–Trinajstić information content (AvgIpc) is 3.20. The van der Waals surface area contributed by atoms with Crippen LogP contribution >= 0.6 is 0 Å². The van der Waals surface area contributed by atoms with Gasteiger partial charge in [0.2, 0.25) is 5.91 Å². The van der Waals surface area contributed by atoms with E-state index in [0.717, 1.165) is 21.8 Å². The number of benzene rings is 2. The topological polar surface area (TPSA) is 105 Å². The Balaban J connectivity index is 1.35. The van der Waals surface area contributed by atoms with E-state index in [1.54, 1.807) is 30.5 Å². The molecule has 8 nitrogen and oxygen atoms in total. The van der Waals surface area contributed by atoms with Gasteiger partial charge in [-0.3, -0.25) is 9.59 Å². The smallest absolute Gasteiger partial charge is 0.270 e. The molecule has 0 fully saturated rings. The first-order valence-corrected chi connectivity index (χ1v) is 10.9. The summed E-state index contributed by atoms with van der Waals surface area (Å²) in [5, 5.41) is 7.63. The molecule has 5 rings (SSSR count). The largest absolute Gasteiger partial charge is 0.486 e. The summed E-state index contributed by atoms with van der Waals surface area (Å²) in [6, 6.07) is 14.1. The van der Waals surface area contributed by atoms with Crippen LogP contribution < -0.4 is 20.1 Å². The summed E-state index contributed by atoms with van der Waals surface area (Å²) in [7, 11) is 0. The summed E-state index contributed by atoms with van der Waals surface area (Å²) in [5.41, 5.74) is 2.66. The van der Waals surface area contributed by atoms with Crippen LogP contribution in [0, 0.1) is 5.92 Å². The van der Waals surface area contributed by atoms with Crippen molar-refractivity contribution in [3.63, 3.8) is 0 Å². The maximum absolute atomic E-state index is 13.0. The maximum atomic E-state index is 13.0. The molecule has 168 valence electrons. The molecule has 3 heterocycles. The lowest BCUT2D eigenvalue weighted by atomic mass is 10.0. The van der Waals surface area contributed by atoms with Crippen molar-refractivity contribution in [1.82, 2.24) is 15.3 Å². The number of pyridine rings is 1. The molecular formula is C25H24N4O4. The van der Waals surface area contributed by atoms with Gasteiger partial charge in [-0.25, -0.2) is 4.98 Å². The van der Waals surface area contributed by atoms with Gasteiger partial charge in [0.15, 0.2) is 11.5 Å². The fraction of sp³-hybridized carbons (Fsp3) is 0.240. The molecule has 0 bridgehead atoms. The third kappa shape index (κ3) is 4.07. The number of carbonyl (C=O) groups is 2. The van der Waals surface area contributed by atoms with E-state index in [9.17, 15) is 9.59 Å². The number of aromatic amines is 1. The number of carbonyl (C=O) groups excluding carboxylic acids is 2. The van der Waals surface area contributed by atoms with Crippen LogP contribution in [0.3, 0.4) is 0 Å². The Kier molecular flexibility index (Phi) is 5.34. The second-order valence-electron chi connectivity index (χ2n) is 8.33. The lowest BCUT2D eigenvalue weighted by Crippen LogP contribution is -2.47. The minimum Gasteiger partial charge on any atom is -0.486 e. The SMILES string of the molecule is CC(C)C(NC(=O)c1cc2c(cn1)[nH]c1ccccc12)C(=O)Nc1ccc2c(c1)OCCO2. The molecule has 2 aromatic carbocycles. The number of para-hydroxylation sites is 1. The Morgan fingerprint density at radius 1 is 0.970 bits per heavy atom. The number of hydrogen-bond donors (Lipinski definition) is 3. The van der Waals surface area contributed by atoms with Crippen molar-refractivity contribution in [2.45, 2.75) is 19.9 Å². The van der Waals surface area contributed by atoms with Crippen LogP contribution in [-0.2, 0) is 4.79 Å². The molecule has 33 heavy (non-hydrogen) atoms. The highest BCUT2D eigenvalue weighted by Gasteiger charge is 2.26. The van der Waals surface area contributed by atoms with Crippen molar-refractivity contribution < 1.29 is 19.1 Å². The standard InChI is InChI=1S/C25H24N4O4/c1-14(2)23(25(31)27-15-7-8-21-22(11-15)33-10-9-32-21)29-24(30)19-12-17-16-5-3-4-6-18(16)28-20(17)13-26-19/h3-8,11-14,23,28H,9-10H2,1-2H3,(H,27,31)(H,29,30). The van der Waals surface area contributed by atoms with Gasteiger partial charge < -0.3 is 25.1 Å². The number of fused-ring (bicyclic) bond motifs is 4. The molecule has 1 unspecified atom stereocenters. The van der Waals surface area contributed by atoms with E-state index in [2.05, 4.69) is 20.6 Å². The predicted molar refractivity (Wildman–Crippen MR) is 126 cm³/mol. The third-order valence-electron chi connectivity index (χ3n) is 5.67. The van der Waals surface area contributed by atoms with Gasteiger partial charge in [-0.1, -0.05) is 32.0 Å². The molecule has 2 aromatic heterocycles. The summed E-state index contributed by atoms with van der Waals surface area (Å²) in [6.07, 6.45) is 1.64. The quantitative estimate of drug-likeness (QED) is 0.433. The second kappa shape index (κ2) is 8.46. The lowest BCUT2D eigenvalue weighted by molar-refractivity contribution is -0.118. The number of ether oxygens (including phenoxy) is 2. The van der Waals surface area contributed by atoms with Gasteiger partial charge in [-0.05, 0) is 30.2 Å². The zero-order valence-electron chi connectivity index (χ0n) is 18.3. The van der Waals surface area contributed by atoms with Gasteiger partial charge in [0.05, 0.1) is 11.7 Å². The number of hydrogen-bond acceptors (Lipinski definition) is 5. The first kappa shape index (κ1) is 20.8. The van der Waals surface area contributed by atoms with Gasteiger partial charge in [0.25, 0.3) is 5.91 Å². The number of H-pyrrole nitrogens is 1. The van der Waals surface area contributed by atoms with E-state index in [1.165, 1.54) is 0 Å². The first-order chi connectivity index (χ1) is 16.0. The number of nitrogens with one attached hydrogen (secondary N) is 3. The van der Waals surface area contributed by atoms with E-state index in [4.69, 9.17) is 9.47 Å². The zero-order chi connectivity index (χ0) is 22.9. The lowest BCUT2D eigenvalue weighted by Gasteiger charge is -2.23. The second-order valence-corrected chi connectivity index (χ2v) is 8.33. The van der Waals surface area contributed by atoms with Gasteiger partial charge in [0, 0.05) is 28.0 Å². The number of anilines is 1. The summed E-state index contributed by atoms with van der Waals surface area (Å²) in [4.78, 5) is 33.6. The van der Waals surface area contributed by atoms with E-state index in [-0.39, 0.29) is 17.5 Å². The first-order valence-electron chi connectivity index (χ1n) is 10.9. The molecule has 0 saturated heterocycles. The Hall–Kier alpha value is -4.07. The van der Waals surface area contributed by atoms with Gasteiger partial charge in [0.1, 0.15) is 24.9 Å². The van der Waals surface area contributed by atoms with Crippen LogP contribution in [0.2, 0.25) is 0 Å². The van der Waals surface area contributed by atoms with Crippen LogP contribution in [0.15, 0.2) is 54.7 Å². The highest BCUT2D eigenvalue weighted by molar-refractivity contribution is 6.09. The minimum absolute atomic E-state index is 0.136. The summed E-state index contributed by atoms with van der Waals surface area (Å²) in [6.45, 7) is 4.72. The van der Waals surface area contributed by atoms with Gasteiger partial charge in [-0.15, -0.1) is 0 Å². The molecule has 0 saturated carbocycles. The highest BCUT2D eigenvalue weighted by atomic mass is 16.6.